The molecule has 1 aromatic carbocycles. The van der Waals surface area contributed by atoms with E-state index < -0.39 is 5.97 Å². The summed E-state index contributed by atoms with van der Waals surface area (Å²) in [5.41, 5.74) is 4.06. The van der Waals surface area contributed by atoms with Gasteiger partial charge in [0.1, 0.15) is 5.82 Å². The van der Waals surface area contributed by atoms with Gasteiger partial charge in [0.25, 0.3) is 0 Å². The van der Waals surface area contributed by atoms with E-state index in [1.807, 2.05) is 25.5 Å². The Labute approximate surface area is 106 Å². The molecule has 0 aliphatic carbocycles. The quantitative estimate of drug-likeness (QED) is 0.901. The number of benzene rings is 1. The minimum absolute atomic E-state index is 0.00559. The molecule has 1 heterocycles. The second-order valence-electron chi connectivity index (χ2n) is 4.52. The van der Waals surface area contributed by atoms with Gasteiger partial charge in [0, 0.05) is 24.5 Å². The molecule has 0 amide bonds. The van der Waals surface area contributed by atoms with Gasteiger partial charge < -0.3 is 9.67 Å². The summed E-state index contributed by atoms with van der Waals surface area (Å²) in [6.07, 6.45) is 1.62. The van der Waals surface area contributed by atoms with E-state index >= 15 is 0 Å². The van der Waals surface area contributed by atoms with Crippen molar-refractivity contribution >= 4 is 5.97 Å². The maximum absolute atomic E-state index is 10.7. The molecule has 18 heavy (non-hydrogen) atoms. The van der Waals surface area contributed by atoms with Crippen LogP contribution in [0.3, 0.4) is 0 Å². The molecule has 1 N–H and O–H groups in total. The Kier molecular flexibility index (Phi) is 3.19. The van der Waals surface area contributed by atoms with Crippen molar-refractivity contribution in [1.29, 1.82) is 0 Å². The van der Waals surface area contributed by atoms with Crippen LogP contribution in [0.1, 0.15) is 16.8 Å². The summed E-state index contributed by atoms with van der Waals surface area (Å²) < 4.78 is 1.84. The number of carboxylic acids is 1. The van der Waals surface area contributed by atoms with Crippen LogP contribution in [0.4, 0.5) is 0 Å². The number of hydrogen-bond acceptors (Lipinski definition) is 2. The minimum atomic E-state index is -0.842. The highest BCUT2D eigenvalue weighted by atomic mass is 16.4. The number of rotatable bonds is 3. The molecule has 0 saturated carbocycles. The second-order valence-corrected chi connectivity index (χ2v) is 4.52. The lowest BCUT2D eigenvalue weighted by Gasteiger charge is -2.08. The fourth-order valence-corrected chi connectivity index (χ4v) is 1.99. The Morgan fingerprint density at radius 2 is 2.11 bits per heavy atom. The number of aromatic nitrogens is 2. The van der Waals surface area contributed by atoms with Crippen molar-refractivity contribution in [3.05, 3.63) is 41.2 Å². The van der Waals surface area contributed by atoms with Gasteiger partial charge in [-0.1, -0.05) is 17.7 Å². The van der Waals surface area contributed by atoms with Crippen LogP contribution in [0, 0.1) is 13.8 Å². The van der Waals surface area contributed by atoms with Crippen LogP contribution >= 0.6 is 0 Å². The summed E-state index contributed by atoms with van der Waals surface area (Å²) in [6.45, 7) is 4.06. The average Bonchev–Trinajstić information content (AvgIpc) is 2.64. The zero-order valence-electron chi connectivity index (χ0n) is 10.8. The zero-order valence-corrected chi connectivity index (χ0v) is 10.8. The third-order valence-corrected chi connectivity index (χ3v) is 3.05. The van der Waals surface area contributed by atoms with Gasteiger partial charge in [0.15, 0.2) is 0 Å². The molecule has 0 saturated heterocycles. The Bertz CT molecular complexity index is 600. The van der Waals surface area contributed by atoms with Gasteiger partial charge in [0.2, 0.25) is 0 Å². The van der Waals surface area contributed by atoms with E-state index in [1.165, 1.54) is 5.56 Å². The largest absolute Gasteiger partial charge is 0.481 e. The van der Waals surface area contributed by atoms with E-state index in [0.29, 0.717) is 5.69 Å². The van der Waals surface area contributed by atoms with Crippen LogP contribution in [0.25, 0.3) is 11.4 Å². The molecule has 0 aliphatic rings. The first kappa shape index (κ1) is 12.4. The maximum Gasteiger partial charge on any atom is 0.309 e. The molecule has 0 bridgehead atoms. The molecule has 2 aromatic rings. The Balaban J connectivity index is 2.48. The summed E-state index contributed by atoms with van der Waals surface area (Å²) in [5, 5.41) is 8.83. The molecule has 0 radical (unpaired) electrons. The fourth-order valence-electron chi connectivity index (χ4n) is 1.99. The van der Waals surface area contributed by atoms with Crippen LogP contribution in [0.2, 0.25) is 0 Å². The normalized spacial score (nSPS) is 10.6. The van der Waals surface area contributed by atoms with Crippen molar-refractivity contribution < 1.29 is 9.90 Å². The summed E-state index contributed by atoms with van der Waals surface area (Å²) in [7, 11) is 1.85. The Hall–Kier alpha value is -2.10. The monoisotopic (exact) mass is 244 g/mol. The predicted molar refractivity (Wildman–Crippen MR) is 69.5 cm³/mol. The predicted octanol–water partition coefficient (Wildman–Crippen LogP) is 2.33. The molecular weight excluding hydrogens is 228 g/mol. The van der Waals surface area contributed by atoms with Gasteiger partial charge >= 0.3 is 5.97 Å². The minimum Gasteiger partial charge on any atom is -0.481 e. The van der Waals surface area contributed by atoms with Crippen molar-refractivity contribution in [2.45, 2.75) is 20.3 Å². The molecule has 4 heteroatoms. The van der Waals surface area contributed by atoms with E-state index in [9.17, 15) is 4.79 Å². The number of aliphatic carboxylic acids is 1. The van der Waals surface area contributed by atoms with E-state index in [2.05, 4.69) is 23.2 Å². The zero-order chi connectivity index (χ0) is 13.3. The number of carboxylic acid groups (broad SMARTS) is 1. The number of nitrogens with zero attached hydrogens (tertiary/aromatic N) is 2. The van der Waals surface area contributed by atoms with E-state index in [1.54, 1.807) is 6.20 Å². The molecule has 4 nitrogen and oxygen atoms in total. The summed E-state index contributed by atoms with van der Waals surface area (Å²) >= 11 is 0. The number of hydrogen-bond donors (Lipinski definition) is 1. The molecule has 1 aromatic heterocycles. The standard InChI is InChI=1S/C14H16N2O2/c1-9-4-5-10(2)12(6-9)14-15-8-11(16(14)3)7-13(17)18/h4-6,8H,7H2,1-3H3,(H,17,18). The van der Waals surface area contributed by atoms with Crippen LogP contribution < -0.4 is 0 Å². The third-order valence-electron chi connectivity index (χ3n) is 3.05. The highest BCUT2D eigenvalue weighted by Gasteiger charge is 2.12. The summed E-state index contributed by atoms with van der Waals surface area (Å²) in [5.74, 6) is -0.0297. The van der Waals surface area contributed by atoms with Crippen LogP contribution in [-0.2, 0) is 18.3 Å². The molecule has 0 aliphatic heterocycles. The lowest BCUT2D eigenvalue weighted by Crippen LogP contribution is -2.06. The molecule has 0 fully saturated rings. The van der Waals surface area contributed by atoms with Crippen LogP contribution in [0.15, 0.2) is 24.4 Å². The topological polar surface area (TPSA) is 55.1 Å². The van der Waals surface area contributed by atoms with Gasteiger partial charge in [-0.3, -0.25) is 4.79 Å². The maximum atomic E-state index is 10.7. The van der Waals surface area contributed by atoms with Crippen molar-refractivity contribution in [3.63, 3.8) is 0 Å². The SMILES string of the molecule is Cc1ccc(C)c(-c2ncc(CC(=O)O)n2C)c1. The van der Waals surface area contributed by atoms with E-state index in [-0.39, 0.29) is 6.42 Å². The second kappa shape index (κ2) is 4.64. The van der Waals surface area contributed by atoms with Crippen molar-refractivity contribution in [3.8, 4) is 11.4 Å². The smallest absolute Gasteiger partial charge is 0.309 e. The van der Waals surface area contributed by atoms with Crippen molar-refractivity contribution in [2.75, 3.05) is 0 Å². The molecule has 0 unspecified atom stereocenters. The highest BCUT2D eigenvalue weighted by molar-refractivity contribution is 5.70. The molecular formula is C14H16N2O2. The first-order valence-corrected chi connectivity index (χ1v) is 5.79. The molecule has 2 rings (SSSR count). The Morgan fingerprint density at radius 1 is 1.39 bits per heavy atom. The lowest BCUT2D eigenvalue weighted by atomic mass is 10.1. The van der Waals surface area contributed by atoms with Gasteiger partial charge in [-0.15, -0.1) is 0 Å². The van der Waals surface area contributed by atoms with E-state index in [0.717, 1.165) is 17.0 Å². The lowest BCUT2D eigenvalue weighted by molar-refractivity contribution is -0.136. The summed E-state index contributed by atoms with van der Waals surface area (Å²) in [6, 6.07) is 6.18. The highest BCUT2D eigenvalue weighted by Crippen LogP contribution is 2.23. The van der Waals surface area contributed by atoms with Crippen molar-refractivity contribution in [1.82, 2.24) is 9.55 Å². The van der Waals surface area contributed by atoms with Gasteiger partial charge in [-0.2, -0.15) is 0 Å². The summed E-state index contributed by atoms with van der Waals surface area (Å²) in [4.78, 5) is 15.1. The van der Waals surface area contributed by atoms with Gasteiger partial charge in [-0.25, -0.2) is 4.98 Å². The Morgan fingerprint density at radius 3 is 2.78 bits per heavy atom. The number of aryl methyl sites for hydroxylation is 2. The van der Waals surface area contributed by atoms with Crippen molar-refractivity contribution in [2.24, 2.45) is 7.05 Å². The van der Waals surface area contributed by atoms with Crippen LogP contribution in [0.5, 0.6) is 0 Å². The number of carbonyl (C=O) groups is 1. The first-order chi connectivity index (χ1) is 8.49. The first-order valence-electron chi connectivity index (χ1n) is 5.79. The fraction of sp³-hybridized carbons (Fsp3) is 0.286. The van der Waals surface area contributed by atoms with Gasteiger partial charge in [-0.05, 0) is 25.5 Å². The van der Waals surface area contributed by atoms with Crippen LogP contribution in [-0.4, -0.2) is 20.6 Å². The average molecular weight is 244 g/mol. The third kappa shape index (κ3) is 2.27. The molecule has 0 spiro atoms. The van der Waals surface area contributed by atoms with E-state index in [4.69, 9.17) is 5.11 Å². The molecule has 0 atom stereocenters. The molecule has 94 valence electrons. The number of imidazole rings is 1. The van der Waals surface area contributed by atoms with Gasteiger partial charge in [0.05, 0.1) is 6.42 Å².